The summed E-state index contributed by atoms with van der Waals surface area (Å²) in [5, 5.41) is 2.46. The van der Waals surface area contributed by atoms with Crippen molar-refractivity contribution >= 4 is 31.4 Å². The second-order valence-corrected chi connectivity index (χ2v) is 9.47. The van der Waals surface area contributed by atoms with Gasteiger partial charge in [0.1, 0.15) is 0 Å². The van der Waals surface area contributed by atoms with Crippen LogP contribution in [-0.4, -0.2) is 43.9 Å². The third-order valence-corrected chi connectivity index (χ3v) is 7.09. The van der Waals surface area contributed by atoms with Crippen LogP contribution in [0.4, 0.5) is 4.79 Å². The van der Waals surface area contributed by atoms with Crippen molar-refractivity contribution in [2.75, 3.05) is 6.54 Å². The number of benzene rings is 1. The molecular weight excluding hydrogens is 319 g/mol. The Balaban J connectivity index is 1.81. The number of carbonyl (C=O) groups is 2. The van der Waals surface area contributed by atoms with Crippen molar-refractivity contribution in [1.29, 1.82) is 0 Å². The van der Waals surface area contributed by atoms with Crippen LogP contribution in [0.5, 0.6) is 0 Å². The van der Waals surface area contributed by atoms with Gasteiger partial charge in [0.2, 0.25) is 0 Å². The fourth-order valence-corrected chi connectivity index (χ4v) is 5.56. The van der Waals surface area contributed by atoms with Gasteiger partial charge in [0.15, 0.2) is 0 Å². The van der Waals surface area contributed by atoms with Gasteiger partial charge in [-0.1, -0.05) is 0 Å². The molecule has 2 aliphatic heterocycles. The van der Waals surface area contributed by atoms with Gasteiger partial charge in [0.25, 0.3) is 0 Å². The maximum absolute atomic E-state index is 12.0. The summed E-state index contributed by atoms with van der Waals surface area (Å²) in [4.78, 5) is 25.6. The van der Waals surface area contributed by atoms with E-state index in [0.29, 0.717) is 21.5 Å². The van der Waals surface area contributed by atoms with E-state index in [0.717, 1.165) is 12.8 Å². The molecule has 20 heavy (non-hydrogen) atoms. The first-order valence-electron chi connectivity index (χ1n) is 6.80. The standard InChI is InChI=1S/C15H18N2O2Se/c1-14(20-11-6-4-3-5-7-11)8-9-15(2)12(18)16-13(19)17(15)10-14/h3-7H,8-10H2,1-2H3,(H,16,18,19). The molecule has 2 saturated heterocycles. The van der Waals surface area contributed by atoms with Gasteiger partial charge in [-0.05, 0) is 0 Å². The Bertz CT molecular complexity index is 562. The Kier molecular flexibility index (Phi) is 3.14. The average molecular weight is 337 g/mol. The van der Waals surface area contributed by atoms with Crippen molar-refractivity contribution in [3.8, 4) is 0 Å². The number of piperidine rings is 1. The number of fused-ring (bicyclic) bond motifs is 1. The third kappa shape index (κ3) is 2.15. The molecule has 0 aromatic heterocycles. The zero-order chi connectivity index (χ0) is 14.4. The molecule has 3 rings (SSSR count). The average Bonchev–Trinajstić information content (AvgIpc) is 2.63. The van der Waals surface area contributed by atoms with Crippen molar-refractivity contribution in [1.82, 2.24) is 10.2 Å². The molecule has 2 fully saturated rings. The zero-order valence-electron chi connectivity index (χ0n) is 11.7. The number of amides is 3. The van der Waals surface area contributed by atoms with Crippen molar-refractivity contribution < 1.29 is 9.59 Å². The summed E-state index contributed by atoms with van der Waals surface area (Å²) in [5.41, 5.74) is -0.636. The number of carbonyl (C=O) groups excluding carboxylic acids is 2. The van der Waals surface area contributed by atoms with Crippen LogP contribution < -0.4 is 9.78 Å². The maximum atomic E-state index is 12.0. The van der Waals surface area contributed by atoms with Crippen LogP contribution in [0.15, 0.2) is 30.3 Å². The van der Waals surface area contributed by atoms with E-state index in [9.17, 15) is 9.59 Å². The molecule has 0 saturated carbocycles. The van der Waals surface area contributed by atoms with E-state index in [1.165, 1.54) is 4.46 Å². The molecular formula is C15H18N2O2Se. The van der Waals surface area contributed by atoms with Gasteiger partial charge in [-0.25, -0.2) is 0 Å². The summed E-state index contributed by atoms with van der Waals surface area (Å²) in [7, 11) is 0. The van der Waals surface area contributed by atoms with Gasteiger partial charge in [-0.2, -0.15) is 0 Å². The molecule has 106 valence electrons. The first kappa shape index (κ1) is 13.7. The number of nitrogens with one attached hydrogen (secondary N) is 1. The fourth-order valence-electron chi connectivity index (χ4n) is 2.92. The summed E-state index contributed by atoms with van der Waals surface area (Å²) in [6.45, 7) is 4.77. The number of imide groups is 1. The Morgan fingerprint density at radius 1 is 1.15 bits per heavy atom. The molecule has 5 heteroatoms. The Labute approximate surface area is 125 Å². The van der Waals surface area contributed by atoms with Gasteiger partial charge in [-0.3, -0.25) is 0 Å². The van der Waals surface area contributed by atoms with Crippen LogP contribution in [0.25, 0.3) is 0 Å². The summed E-state index contributed by atoms with van der Waals surface area (Å²) < 4.78 is 1.44. The molecule has 1 aromatic carbocycles. The first-order valence-corrected chi connectivity index (χ1v) is 8.51. The van der Waals surface area contributed by atoms with E-state index >= 15 is 0 Å². The molecule has 2 aliphatic rings. The molecule has 0 spiro atoms. The quantitative estimate of drug-likeness (QED) is 0.653. The second-order valence-electron chi connectivity index (χ2n) is 5.98. The normalized spacial score (nSPS) is 33.0. The van der Waals surface area contributed by atoms with Crippen molar-refractivity contribution in [3.05, 3.63) is 30.3 Å². The van der Waals surface area contributed by atoms with Crippen LogP contribution >= 0.6 is 0 Å². The van der Waals surface area contributed by atoms with Crippen molar-refractivity contribution in [2.24, 2.45) is 0 Å². The number of rotatable bonds is 2. The van der Waals surface area contributed by atoms with Crippen LogP contribution in [0.2, 0.25) is 4.31 Å². The van der Waals surface area contributed by atoms with E-state index < -0.39 is 5.54 Å². The van der Waals surface area contributed by atoms with Crippen LogP contribution in [0.3, 0.4) is 0 Å². The third-order valence-electron chi connectivity index (χ3n) is 4.29. The van der Waals surface area contributed by atoms with Crippen LogP contribution in [0.1, 0.15) is 26.7 Å². The molecule has 2 atom stereocenters. The van der Waals surface area contributed by atoms with Gasteiger partial charge in [0, 0.05) is 0 Å². The Hall–Kier alpha value is -1.32. The number of hydrogen-bond donors (Lipinski definition) is 1. The van der Waals surface area contributed by atoms with Crippen molar-refractivity contribution in [2.45, 2.75) is 36.5 Å². The molecule has 0 radical (unpaired) electrons. The number of urea groups is 1. The van der Waals surface area contributed by atoms with Gasteiger partial charge < -0.3 is 0 Å². The first-order chi connectivity index (χ1) is 9.43. The molecule has 0 bridgehead atoms. The molecule has 2 unspecified atom stereocenters. The number of hydrogen-bond acceptors (Lipinski definition) is 2. The predicted octanol–water partition coefficient (Wildman–Crippen LogP) is 1.30. The molecule has 2 heterocycles. The van der Waals surface area contributed by atoms with E-state index in [4.69, 9.17) is 0 Å². The monoisotopic (exact) mass is 338 g/mol. The minimum atomic E-state index is -0.636. The van der Waals surface area contributed by atoms with Gasteiger partial charge >= 0.3 is 125 Å². The Morgan fingerprint density at radius 2 is 1.85 bits per heavy atom. The summed E-state index contributed by atoms with van der Waals surface area (Å²) >= 11 is 0.293. The summed E-state index contributed by atoms with van der Waals surface area (Å²) in [6.07, 6.45) is 1.73. The van der Waals surface area contributed by atoms with Crippen LogP contribution in [0, 0.1) is 0 Å². The Morgan fingerprint density at radius 3 is 2.55 bits per heavy atom. The molecule has 4 nitrogen and oxygen atoms in total. The van der Waals surface area contributed by atoms with Crippen molar-refractivity contribution in [3.63, 3.8) is 0 Å². The molecule has 1 N–H and O–H groups in total. The zero-order valence-corrected chi connectivity index (χ0v) is 13.4. The van der Waals surface area contributed by atoms with E-state index in [1.54, 1.807) is 4.90 Å². The molecule has 1 aromatic rings. The minimum absolute atomic E-state index is 0.0931. The van der Waals surface area contributed by atoms with Crippen LogP contribution in [-0.2, 0) is 4.79 Å². The van der Waals surface area contributed by atoms with Gasteiger partial charge in [-0.15, -0.1) is 0 Å². The summed E-state index contributed by atoms with van der Waals surface area (Å²) in [6, 6.07) is 10.2. The van der Waals surface area contributed by atoms with E-state index in [-0.39, 0.29) is 16.3 Å². The molecule has 3 amide bonds. The number of nitrogens with zero attached hydrogens (tertiary/aromatic N) is 1. The second kappa shape index (κ2) is 4.61. The fraction of sp³-hybridized carbons (Fsp3) is 0.467. The van der Waals surface area contributed by atoms with Gasteiger partial charge in [0.05, 0.1) is 0 Å². The topological polar surface area (TPSA) is 49.4 Å². The SMILES string of the molecule is CC1([Se]c2ccccc2)CCC2(C)C(=O)NC(=O)N2C1. The predicted molar refractivity (Wildman–Crippen MR) is 78.1 cm³/mol. The summed E-state index contributed by atoms with van der Waals surface area (Å²) in [5.74, 6) is -0.142. The van der Waals surface area contributed by atoms with E-state index in [1.807, 2.05) is 13.0 Å². The van der Waals surface area contributed by atoms with E-state index in [2.05, 4.69) is 36.5 Å². The molecule has 0 aliphatic carbocycles.